The number of Topliss-reactive ketones (excluding diaryl/α,β-unsaturated/α-hetero) is 1. The smallest absolute Gasteiger partial charge is 0.376 e. The molecule has 24 heavy (non-hydrogen) atoms. The topological polar surface area (TPSA) is 95.7 Å². The highest BCUT2D eigenvalue weighted by molar-refractivity contribution is 7.53. The van der Waals surface area contributed by atoms with Crippen LogP contribution in [0, 0.1) is 10.1 Å². The fourth-order valence-corrected chi connectivity index (χ4v) is 2.78. The third-order valence-electron chi connectivity index (χ3n) is 2.92. The molecule has 0 aliphatic carbocycles. The summed E-state index contributed by atoms with van der Waals surface area (Å²) < 4.78 is 22.5. The molecule has 7 nitrogen and oxygen atoms in total. The van der Waals surface area contributed by atoms with Crippen LogP contribution in [0.4, 0.5) is 5.69 Å². The van der Waals surface area contributed by atoms with Crippen molar-refractivity contribution in [3.8, 4) is 5.75 Å². The van der Waals surface area contributed by atoms with E-state index in [9.17, 15) is 19.5 Å². The molecule has 0 heterocycles. The molecule has 0 unspecified atom stereocenters. The Balaban J connectivity index is 1.95. The molecule has 0 amide bonds. The number of hydrogen-bond donors (Lipinski definition) is 0. The molecule has 0 aromatic heterocycles. The summed E-state index contributed by atoms with van der Waals surface area (Å²) in [6.45, 7) is 0.784. The molecular weight excluding hydrogens is 357 g/mol. The predicted molar refractivity (Wildman–Crippen MR) is 89.0 cm³/mol. The van der Waals surface area contributed by atoms with Crippen molar-refractivity contribution in [2.75, 3.05) is 13.3 Å². The lowest BCUT2D eigenvalue weighted by Gasteiger charge is -2.14. The number of ketones is 1. The lowest BCUT2D eigenvalue weighted by atomic mass is 10.1. The van der Waals surface area contributed by atoms with E-state index in [1.165, 1.54) is 43.1 Å². The van der Waals surface area contributed by atoms with Crippen molar-refractivity contribution in [2.24, 2.45) is 0 Å². The number of nitro groups is 1. The third kappa shape index (κ3) is 5.16. The predicted octanol–water partition coefficient (Wildman–Crippen LogP) is 4.35. The van der Waals surface area contributed by atoms with Gasteiger partial charge in [0.1, 0.15) is 12.4 Å². The SMILES string of the molecule is C[P@@](=O)(OCC(=O)c1ccc(Cl)cc1)Oc1ccc([N+](=O)[O-])cc1. The second kappa shape index (κ2) is 7.57. The number of benzene rings is 2. The van der Waals surface area contributed by atoms with Crippen molar-refractivity contribution in [1.82, 2.24) is 0 Å². The maximum atomic E-state index is 12.2. The van der Waals surface area contributed by atoms with E-state index in [4.69, 9.17) is 20.6 Å². The van der Waals surface area contributed by atoms with Gasteiger partial charge in [-0.3, -0.25) is 19.4 Å². The molecule has 0 aliphatic rings. The van der Waals surface area contributed by atoms with Gasteiger partial charge in [0.05, 0.1) is 4.92 Å². The van der Waals surface area contributed by atoms with Crippen LogP contribution in [0.1, 0.15) is 10.4 Å². The number of rotatable bonds is 7. The van der Waals surface area contributed by atoms with Gasteiger partial charge in [-0.15, -0.1) is 0 Å². The van der Waals surface area contributed by atoms with E-state index in [0.717, 1.165) is 0 Å². The molecule has 9 heteroatoms. The van der Waals surface area contributed by atoms with Gasteiger partial charge in [0.25, 0.3) is 5.69 Å². The molecule has 0 N–H and O–H groups in total. The van der Waals surface area contributed by atoms with E-state index in [2.05, 4.69) is 0 Å². The van der Waals surface area contributed by atoms with Crippen molar-refractivity contribution in [1.29, 1.82) is 0 Å². The number of nitro benzene ring substituents is 1. The van der Waals surface area contributed by atoms with Gasteiger partial charge in [0.2, 0.25) is 0 Å². The van der Waals surface area contributed by atoms with Gasteiger partial charge in [0.15, 0.2) is 5.78 Å². The largest absolute Gasteiger partial charge is 0.425 e. The van der Waals surface area contributed by atoms with E-state index in [-0.39, 0.29) is 17.2 Å². The zero-order valence-electron chi connectivity index (χ0n) is 12.5. The summed E-state index contributed by atoms with van der Waals surface area (Å²) in [6.07, 6.45) is 0. The average molecular weight is 370 g/mol. The van der Waals surface area contributed by atoms with Crippen LogP contribution in [0.5, 0.6) is 5.75 Å². The van der Waals surface area contributed by atoms with E-state index < -0.39 is 19.1 Å². The van der Waals surface area contributed by atoms with E-state index in [1.807, 2.05) is 0 Å². The third-order valence-corrected chi connectivity index (χ3v) is 4.31. The van der Waals surface area contributed by atoms with Crippen LogP contribution in [-0.4, -0.2) is 24.0 Å². The number of carbonyl (C=O) groups is 1. The van der Waals surface area contributed by atoms with E-state index in [0.29, 0.717) is 10.6 Å². The van der Waals surface area contributed by atoms with Crippen molar-refractivity contribution in [2.45, 2.75) is 0 Å². The molecule has 1 atom stereocenters. The Hall–Kier alpha value is -2.21. The van der Waals surface area contributed by atoms with Gasteiger partial charge in [-0.1, -0.05) is 11.6 Å². The first-order valence-corrected chi connectivity index (χ1v) is 9.08. The molecule has 0 bridgehead atoms. The van der Waals surface area contributed by atoms with Crippen LogP contribution >= 0.6 is 19.2 Å². The summed E-state index contributed by atoms with van der Waals surface area (Å²) in [6, 6.07) is 11.2. The Kier molecular flexibility index (Phi) is 5.72. The zero-order valence-corrected chi connectivity index (χ0v) is 14.2. The van der Waals surface area contributed by atoms with Crippen LogP contribution in [-0.2, 0) is 9.09 Å². The van der Waals surface area contributed by atoms with Crippen LogP contribution in [0.25, 0.3) is 0 Å². The Bertz CT molecular complexity index is 791. The lowest BCUT2D eigenvalue weighted by Crippen LogP contribution is -2.09. The standard InChI is InChI=1S/C15H13ClNO6P/c1-24(21,23-14-8-6-13(7-9-14)17(19)20)22-10-15(18)11-2-4-12(16)5-3-11/h2-9H,10H2,1H3/t24-/m1/s1. The van der Waals surface area contributed by atoms with Crippen molar-refractivity contribution in [3.63, 3.8) is 0 Å². The number of nitrogens with zero attached hydrogens (tertiary/aromatic N) is 1. The first-order chi connectivity index (χ1) is 11.3. The van der Waals surface area contributed by atoms with E-state index in [1.54, 1.807) is 12.1 Å². The first-order valence-electron chi connectivity index (χ1n) is 6.72. The van der Waals surface area contributed by atoms with Gasteiger partial charge in [-0.05, 0) is 36.4 Å². The number of halogens is 1. The fourth-order valence-electron chi connectivity index (χ4n) is 1.74. The van der Waals surface area contributed by atoms with Crippen LogP contribution in [0.3, 0.4) is 0 Å². The Morgan fingerprint density at radius 1 is 1.17 bits per heavy atom. The quantitative estimate of drug-likeness (QED) is 0.311. The van der Waals surface area contributed by atoms with Gasteiger partial charge >= 0.3 is 7.60 Å². The Morgan fingerprint density at radius 3 is 2.29 bits per heavy atom. The maximum absolute atomic E-state index is 12.2. The first kappa shape index (κ1) is 18.1. The molecule has 0 saturated carbocycles. The van der Waals surface area contributed by atoms with Crippen molar-refractivity contribution < 1.29 is 23.3 Å². The van der Waals surface area contributed by atoms with Gasteiger partial charge in [-0.2, -0.15) is 0 Å². The average Bonchev–Trinajstić information content (AvgIpc) is 2.53. The minimum atomic E-state index is -3.55. The molecule has 0 saturated heterocycles. The monoisotopic (exact) mass is 369 g/mol. The lowest BCUT2D eigenvalue weighted by molar-refractivity contribution is -0.384. The molecule has 0 spiro atoms. The molecule has 0 radical (unpaired) electrons. The highest BCUT2D eigenvalue weighted by Crippen LogP contribution is 2.44. The van der Waals surface area contributed by atoms with Crippen LogP contribution in [0.2, 0.25) is 5.02 Å². The molecular formula is C15H13ClNO6P. The summed E-state index contributed by atoms with van der Waals surface area (Å²) in [5.41, 5.74) is 0.252. The number of non-ortho nitro benzene ring substituents is 1. The molecule has 126 valence electrons. The highest BCUT2D eigenvalue weighted by atomic mass is 35.5. The van der Waals surface area contributed by atoms with E-state index >= 15 is 0 Å². The highest BCUT2D eigenvalue weighted by Gasteiger charge is 2.21. The summed E-state index contributed by atoms with van der Waals surface area (Å²) >= 11 is 5.74. The van der Waals surface area contributed by atoms with Crippen molar-refractivity contribution >= 4 is 30.7 Å². The molecule has 2 aromatic rings. The maximum Gasteiger partial charge on any atom is 0.376 e. The van der Waals surface area contributed by atoms with Crippen LogP contribution < -0.4 is 4.52 Å². The van der Waals surface area contributed by atoms with Crippen molar-refractivity contribution in [3.05, 3.63) is 69.2 Å². The van der Waals surface area contributed by atoms with Gasteiger partial charge < -0.3 is 4.52 Å². The summed E-state index contributed by atoms with van der Waals surface area (Å²) in [4.78, 5) is 22.0. The molecule has 0 fully saturated rings. The molecule has 0 aliphatic heterocycles. The van der Waals surface area contributed by atoms with Gasteiger partial charge in [-0.25, -0.2) is 4.57 Å². The zero-order chi connectivity index (χ0) is 17.7. The minimum absolute atomic E-state index is 0.118. The van der Waals surface area contributed by atoms with Gasteiger partial charge in [0, 0.05) is 29.4 Å². The molecule has 2 aromatic carbocycles. The second-order valence-electron chi connectivity index (χ2n) is 4.82. The Morgan fingerprint density at radius 2 is 1.75 bits per heavy atom. The normalized spacial score (nSPS) is 13.1. The number of hydrogen-bond acceptors (Lipinski definition) is 6. The Labute approximate surface area is 142 Å². The fraction of sp³-hybridized carbons (Fsp3) is 0.133. The minimum Gasteiger partial charge on any atom is -0.425 e. The summed E-state index contributed by atoms with van der Waals surface area (Å²) in [5, 5.41) is 11.1. The number of carbonyl (C=O) groups excluding carboxylic acids is 1. The van der Waals surface area contributed by atoms with Crippen LogP contribution in [0.15, 0.2) is 48.5 Å². The second-order valence-corrected chi connectivity index (χ2v) is 7.24. The summed E-state index contributed by atoms with van der Waals surface area (Å²) in [5.74, 6) is -0.230. The summed E-state index contributed by atoms with van der Waals surface area (Å²) in [7, 11) is -3.55. The molecule has 2 rings (SSSR count).